The number of nitriles is 1. The predicted octanol–water partition coefficient (Wildman–Crippen LogP) is 4.80. The SMILES string of the molecule is C[C@]12C=CCC=C1CC[C@@H]1[C@@H]2CC[C@]2(C)C(C(=O)OCC#N)CC[C@@H]12. The van der Waals surface area contributed by atoms with Crippen molar-refractivity contribution < 1.29 is 9.53 Å². The van der Waals surface area contributed by atoms with E-state index in [0.29, 0.717) is 5.92 Å². The molecule has 0 N–H and O–H groups in total. The van der Waals surface area contributed by atoms with Crippen LogP contribution in [0.25, 0.3) is 0 Å². The standard InChI is InChI=1S/C22H29NO2/c1-21-11-4-3-5-15(21)6-7-16-17-8-9-19(20(24)25-14-13-23)22(17,2)12-10-18(16)21/h4-5,11,16-19H,3,6-10,12,14H2,1-2H3/t16-,17-,18-,19?,21-,22-/m0/s1. The van der Waals surface area contributed by atoms with Crippen molar-refractivity contribution in [3.63, 3.8) is 0 Å². The summed E-state index contributed by atoms with van der Waals surface area (Å²) in [4.78, 5) is 12.5. The van der Waals surface area contributed by atoms with E-state index in [0.717, 1.165) is 37.5 Å². The summed E-state index contributed by atoms with van der Waals surface area (Å²) >= 11 is 0. The third-order valence-electron chi connectivity index (χ3n) is 8.17. The normalized spacial score (nSPS) is 44.8. The number of carbonyl (C=O) groups excluding carboxylic acids is 1. The summed E-state index contributed by atoms with van der Waals surface area (Å²) in [7, 11) is 0. The summed E-state index contributed by atoms with van der Waals surface area (Å²) in [5.41, 5.74) is 1.95. The van der Waals surface area contributed by atoms with Crippen molar-refractivity contribution in [2.24, 2.45) is 34.5 Å². The van der Waals surface area contributed by atoms with Gasteiger partial charge in [-0.2, -0.15) is 5.26 Å². The minimum absolute atomic E-state index is 0.0153. The van der Waals surface area contributed by atoms with Gasteiger partial charge in [0.2, 0.25) is 0 Å². The second-order valence-corrected chi connectivity index (χ2v) is 9.01. The van der Waals surface area contributed by atoms with Crippen LogP contribution in [0.5, 0.6) is 0 Å². The van der Waals surface area contributed by atoms with Gasteiger partial charge in [-0.05, 0) is 68.1 Å². The second-order valence-electron chi connectivity index (χ2n) is 9.01. The molecule has 0 heterocycles. The van der Waals surface area contributed by atoms with Crippen molar-refractivity contribution >= 4 is 5.97 Å². The molecule has 3 nitrogen and oxygen atoms in total. The molecule has 0 saturated heterocycles. The summed E-state index contributed by atoms with van der Waals surface area (Å²) in [6.45, 7) is 4.66. The van der Waals surface area contributed by atoms with Gasteiger partial charge in [0.1, 0.15) is 6.07 Å². The number of nitrogens with zero attached hydrogens (tertiary/aromatic N) is 1. The van der Waals surface area contributed by atoms with Gasteiger partial charge in [0.25, 0.3) is 0 Å². The molecule has 0 amide bonds. The number of rotatable bonds is 2. The molecule has 0 aromatic heterocycles. The van der Waals surface area contributed by atoms with Crippen LogP contribution in [-0.2, 0) is 9.53 Å². The molecule has 0 spiro atoms. The van der Waals surface area contributed by atoms with Gasteiger partial charge in [0, 0.05) is 5.41 Å². The van der Waals surface area contributed by atoms with Gasteiger partial charge >= 0.3 is 5.97 Å². The van der Waals surface area contributed by atoms with E-state index in [1.165, 1.54) is 19.3 Å². The first-order valence-electron chi connectivity index (χ1n) is 9.91. The number of esters is 1. The molecule has 4 rings (SSSR count). The van der Waals surface area contributed by atoms with Crippen LogP contribution in [0.3, 0.4) is 0 Å². The molecule has 1 unspecified atom stereocenters. The van der Waals surface area contributed by atoms with E-state index in [-0.39, 0.29) is 29.3 Å². The lowest BCUT2D eigenvalue weighted by Gasteiger charge is -2.56. The Morgan fingerprint density at radius 1 is 1.28 bits per heavy atom. The minimum Gasteiger partial charge on any atom is -0.450 e. The smallest absolute Gasteiger partial charge is 0.310 e. The number of allylic oxidation sites excluding steroid dienone is 4. The van der Waals surface area contributed by atoms with Crippen molar-refractivity contribution in [2.45, 2.75) is 58.8 Å². The Balaban J connectivity index is 1.59. The van der Waals surface area contributed by atoms with E-state index in [2.05, 4.69) is 32.1 Å². The molecule has 4 aliphatic carbocycles. The van der Waals surface area contributed by atoms with E-state index in [9.17, 15) is 4.79 Å². The van der Waals surface area contributed by atoms with Crippen LogP contribution in [0, 0.1) is 45.8 Å². The molecule has 4 aliphatic rings. The zero-order valence-electron chi connectivity index (χ0n) is 15.5. The van der Waals surface area contributed by atoms with Crippen molar-refractivity contribution in [1.82, 2.24) is 0 Å². The largest absolute Gasteiger partial charge is 0.450 e. The molecule has 0 aromatic rings. The summed E-state index contributed by atoms with van der Waals surface area (Å²) in [6.07, 6.45) is 15.3. The fraction of sp³-hybridized carbons (Fsp3) is 0.727. The van der Waals surface area contributed by atoms with E-state index in [1.54, 1.807) is 5.57 Å². The van der Waals surface area contributed by atoms with Crippen LogP contribution >= 0.6 is 0 Å². The lowest BCUT2D eigenvalue weighted by Crippen LogP contribution is -2.50. The average molecular weight is 339 g/mol. The number of hydrogen-bond donors (Lipinski definition) is 0. The molecule has 6 atom stereocenters. The van der Waals surface area contributed by atoms with Gasteiger partial charge < -0.3 is 4.74 Å². The highest BCUT2D eigenvalue weighted by atomic mass is 16.5. The number of hydrogen-bond acceptors (Lipinski definition) is 3. The van der Waals surface area contributed by atoms with E-state index >= 15 is 0 Å². The topological polar surface area (TPSA) is 50.1 Å². The monoisotopic (exact) mass is 339 g/mol. The Labute approximate surface area is 151 Å². The third-order valence-corrected chi connectivity index (χ3v) is 8.17. The van der Waals surface area contributed by atoms with Gasteiger partial charge in [-0.25, -0.2) is 0 Å². The molecular formula is C22H29NO2. The lowest BCUT2D eigenvalue weighted by atomic mass is 9.48. The molecular weight excluding hydrogens is 310 g/mol. The zero-order chi connectivity index (χ0) is 17.7. The van der Waals surface area contributed by atoms with E-state index in [1.807, 2.05) is 6.07 Å². The molecule has 0 aliphatic heterocycles. The Bertz CT molecular complexity index is 672. The highest BCUT2D eigenvalue weighted by Gasteiger charge is 2.59. The van der Waals surface area contributed by atoms with Gasteiger partial charge in [-0.3, -0.25) is 4.79 Å². The lowest BCUT2D eigenvalue weighted by molar-refractivity contribution is -0.154. The maximum Gasteiger partial charge on any atom is 0.310 e. The Kier molecular flexibility index (Phi) is 4.06. The van der Waals surface area contributed by atoms with E-state index in [4.69, 9.17) is 10.00 Å². The first-order valence-corrected chi connectivity index (χ1v) is 9.91. The Morgan fingerprint density at radius 3 is 2.92 bits per heavy atom. The van der Waals surface area contributed by atoms with Crippen LogP contribution in [-0.4, -0.2) is 12.6 Å². The summed E-state index contributed by atoms with van der Waals surface area (Å²) < 4.78 is 5.21. The number of ether oxygens (including phenoxy) is 1. The average Bonchev–Trinajstić information content (AvgIpc) is 2.96. The number of carbonyl (C=O) groups is 1. The van der Waals surface area contributed by atoms with Gasteiger partial charge in [-0.15, -0.1) is 0 Å². The fourth-order valence-electron chi connectivity index (χ4n) is 6.93. The van der Waals surface area contributed by atoms with Crippen LogP contribution in [0.1, 0.15) is 58.8 Å². The molecule has 3 heteroatoms. The molecule has 25 heavy (non-hydrogen) atoms. The Hall–Kier alpha value is -1.56. The number of fused-ring (bicyclic) bond motifs is 5. The quantitative estimate of drug-likeness (QED) is 0.536. The van der Waals surface area contributed by atoms with Crippen LogP contribution in [0.4, 0.5) is 0 Å². The van der Waals surface area contributed by atoms with E-state index < -0.39 is 0 Å². The third kappa shape index (κ3) is 2.40. The first kappa shape index (κ1) is 16.9. The highest BCUT2D eigenvalue weighted by molar-refractivity contribution is 5.74. The summed E-state index contributed by atoms with van der Waals surface area (Å²) in [5, 5.41) is 8.71. The summed E-state index contributed by atoms with van der Waals surface area (Å²) in [6, 6.07) is 1.93. The Morgan fingerprint density at radius 2 is 2.12 bits per heavy atom. The molecule has 0 bridgehead atoms. The van der Waals surface area contributed by atoms with Crippen LogP contribution < -0.4 is 0 Å². The summed E-state index contributed by atoms with van der Waals surface area (Å²) in [5.74, 6) is 1.91. The first-order chi connectivity index (χ1) is 12.0. The molecule has 134 valence electrons. The van der Waals surface area contributed by atoms with Crippen molar-refractivity contribution in [1.29, 1.82) is 5.26 Å². The molecule has 3 fully saturated rings. The molecule has 3 saturated carbocycles. The van der Waals surface area contributed by atoms with Crippen molar-refractivity contribution in [3.05, 3.63) is 23.8 Å². The second kappa shape index (κ2) is 6.01. The highest BCUT2D eigenvalue weighted by Crippen LogP contribution is 2.66. The maximum absolute atomic E-state index is 12.5. The van der Waals surface area contributed by atoms with Gasteiger partial charge in [-0.1, -0.05) is 37.6 Å². The zero-order valence-corrected chi connectivity index (χ0v) is 15.5. The maximum atomic E-state index is 12.5. The molecule has 0 aromatic carbocycles. The van der Waals surface area contributed by atoms with Gasteiger partial charge in [0.05, 0.1) is 5.92 Å². The fourth-order valence-corrected chi connectivity index (χ4v) is 6.93. The van der Waals surface area contributed by atoms with Crippen molar-refractivity contribution in [3.8, 4) is 6.07 Å². The minimum atomic E-state index is -0.134. The van der Waals surface area contributed by atoms with Crippen molar-refractivity contribution in [2.75, 3.05) is 6.61 Å². The van der Waals surface area contributed by atoms with Crippen LogP contribution in [0.15, 0.2) is 23.8 Å². The predicted molar refractivity (Wildman–Crippen MR) is 96.3 cm³/mol. The molecule has 0 radical (unpaired) electrons. The van der Waals surface area contributed by atoms with Gasteiger partial charge in [0.15, 0.2) is 6.61 Å². The van der Waals surface area contributed by atoms with Crippen LogP contribution in [0.2, 0.25) is 0 Å².